The summed E-state index contributed by atoms with van der Waals surface area (Å²) in [6.07, 6.45) is 3.63. The fourth-order valence-corrected chi connectivity index (χ4v) is 3.93. The Morgan fingerprint density at radius 1 is 1.09 bits per heavy atom. The second-order valence-electron chi connectivity index (χ2n) is 7.76. The SMILES string of the molecule is O=C(Nc1cc(-c2[nH]c3c(c2Nc2ccccc2)C(=O)CN(C(=O)O)C3)ccn1)c1cc[nH]c1. The zero-order chi connectivity index (χ0) is 23.7. The predicted molar refractivity (Wildman–Crippen MR) is 125 cm³/mol. The van der Waals surface area contributed by atoms with Crippen molar-refractivity contribution in [1.29, 1.82) is 0 Å². The van der Waals surface area contributed by atoms with Crippen LogP contribution in [-0.2, 0) is 6.54 Å². The molecule has 1 aliphatic rings. The van der Waals surface area contributed by atoms with Crippen molar-refractivity contribution in [3.05, 3.63) is 83.9 Å². The van der Waals surface area contributed by atoms with Crippen molar-refractivity contribution in [3.8, 4) is 11.3 Å². The number of carboxylic acid groups (broad SMARTS) is 1. The van der Waals surface area contributed by atoms with E-state index in [2.05, 4.69) is 25.6 Å². The molecule has 10 heteroatoms. The number of aromatic nitrogens is 3. The fraction of sp³-hybridized carbons (Fsp3) is 0.0833. The van der Waals surface area contributed by atoms with Crippen molar-refractivity contribution < 1.29 is 19.5 Å². The first-order chi connectivity index (χ1) is 16.5. The van der Waals surface area contributed by atoms with E-state index >= 15 is 0 Å². The van der Waals surface area contributed by atoms with Crippen molar-refractivity contribution in [1.82, 2.24) is 19.9 Å². The van der Waals surface area contributed by atoms with E-state index < -0.39 is 6.09 Å². The van der Waals surface area contributed by atoms with Crippen LogP contribution in [0.2, 0.25) is 0 Å². The van der Waals surface area contributed by atoms with Crippen molar-refractivity contribution >= 4 is 35.0 Å². The monoisotopic (exact) mass is 456 g/mol. The molecular weight excluding hydrogens is 436 g/mol. The number of rotatable bonds is 5. The van der Waals surface area contributed by atoms with Gasteiger partial charge in [-0.1, -0.05) is 18.2 Å². The van der Waals surface area contributed by atoms with E-state index in [0.29, 0.717) is 39.6 Å². The van der Waals surface area contributed by atoms with Crippen LogP contribution in [0.4, 0.5) is 22.0 Å². The zero-order valence-corrected chi connectivity index (χ0v) is 17.8. The number of carbonyl (C=O) groups excluding carboxylic acids is 2. The molecule has 0 radical (unpaired) electrons. The maximum absolute atomic E-state index is 13.0. The third-order valence-electron chi connectivity index (χ3n) is 5.50. The number of benzene rings is 1. The van der Waals surface area contributed by atoms with Gasteiger partial charge in [0.25, 0.3) is 5.91 Å². The van der Waals surface area contributed by atoms with Crippen LogP contribution in [0.5, 0.6) is 0 Å². The average molecular weight is 456 g/mol. The van der Waals surface area contributed by atoms with Crippen LogP contribution in [0, 0.1) is 0 Å². The molecule has 0 aliphatic carbocycles. The second-order valence-corrected chi connectivity index (χ2v) is 7.76. The van der Waals surface area contributed by atoms with Gasteiger partial charge in [0.2, 0.25) is 0 Å². The highest BCUT2D eigenvalue weighted by Gasteiger charge is 2.32. The van der Waals surface area contributed by atoms with Gasteiger partial charge in [-0.15, -0.1) is 0 Å². The molecule has 170 valence electrons. The molecule has 0 bridgehead atoms. The lowest BCUT2D eigenvalue weighted by Crippen LogP contribution is -2.38. The summed E-state index contributed by atoms with van der Waals surface area (Å²) in [5, 5.41) is 15.5. The van der Waals surface area contributed by atoms with Crippen LogP contribution in [0.3, 0.4) is 0 Å². The topological polar surface area (TPSA) is 143 Å². The molecule has 5 N–H and O–H groups in total. The third-order valence-corrected chi connectivity index (χ3v) is 5.50. The normalized spacial score (nSPS) is 12.8. The average Bonchev–Trinajstić information content (AvgIpc) is 3.49. The number of para-hydroxylation sites is 1. The minimum Gasteiger partial charge on any atom is -0.465 e. The summed E-state index contributed by atoms with van der Waals surface area (Å²) in [5.41, 5.74) is 3.97. The van der Waals surface area contributed by atoms with Crippen LogP contribution in [0.25, 0.3) is 11.3 Å². The minimum absolute atomic E-state index is 0.0576. The van der Waals surface area contributed by atoms with E-state index in [0.717, 1.165) is 10.6 Å². The van der Waals surface area contributed by atoms with Crippen LogP contribution in [0.1, 0.15) is 26.4 Å². The van der Waals surface area contributed by atoms with Crippen molar-refractivity contribution in [2.24, 2.45) is 0 Å². The van der Waals surface area contributed by atoms with E-state index in [1.54, 1.807) is 36.8 Å². The van der Waals surface area contributed by atoms with Crippen molar-refractivity contribution in [2.75, 3.05) is 17.2 Å². The Bertz CT molecular complexity index is 1380. The van der Waals surface area contributed by atoms with Gasteiger partial charge < -0.3 is 25.7 Å². The quantitative estimate of drug-likeness (QED) is 0.306. The molecule has 34 heavy (non-hydrogen) atoms. The van der Waals surface area contributed by atoms with Gasteiger partial charge in [0.15, 0.2) is 5.78 Å². The molecule has 4 aromatic rings. The lowest BCUT2D eigenvalue weighted by atomic mass is 10.0. The summed E-state index contributed by atoms with van der Waals surface area (Å²) in [6.45, 7) is -0.167. The van der Waals surface area contributed by atoms with Crippen molar-refractivity contribution in [3.63, 3.8) is 0 Å². The molecule has 0 fully saturated rings. The number of aromatic amines is 2. The molecule has 1 aliphatic heterocycles. The Balaban J connectivity index is 1.56. The first-order valence-electron chi connectivity index (χ1n) is 10.5. The smallest absolute Gasteiger partial charge is 0.408 e. The summed E-state index contributed by atoms with van der Waals surface area (Å²) < 4.78 is 0. The standard InChI is InChI=1S/C24H20N6O4/c31-18-13-30(24(33)34)12-17-20(18)22(27-16-4-2-1-3-5-16)21(28-17)14-7-9-26-19(10-14)29-23(32)15-6-8-25-11-15/h1-11,25,27-28H,12-13H2,(H,33,34)(H,26,29,32). The number of anilines is 3. The number of carbonyl (C=O) groups is 3. The number of hydrogen-bond donors (Lipinski definition) is 5. The molecule has 1 aromatic carbocycles. The highest BCUT2D eigenvalue weighted by Crippen LogP contribution is 2.38. The number of H-pyrrole nitrogens is 2. The number of ketones is 1. The molecule has 0 spiro atoms. The van der Waals surface area contributed by atoms with Gasteiger partial charge in [-0.3, -0.25) is 14.5 Å². The van der Waals surface area contributed by atoms with Crippen LogP contribution in [0.15, 0.2) is 67.1 Å². The van der Waals surface area contributed by atoms with Gasteiger partial charge in [0.05, 0.1) is 35.6 Å². The summed E-state index contributed by atoms with van der Waals surface area (Å²) in [7, 11) is 0. The Kier molecular flexibility index (Phi) is 5.30. The van der Waals surface area contributed by atoms with Gasteiger partial charge in [-0.05, 0) is 30.3 Å². The molecule has 5 rings (SSSR count). The number of amides is 2. The third kappa shape index (κ3) is 3.99. The largest absolute Gasteiger partial charge is 0.465 e. The number of nitrogens with one attached hydrogen (secondary N) is 4. The van der Waals surface area contributed by atoms with E-state index in [4.69, 9.17) is 0 Å². The summed E-state index contributed by atoms with van der Waals surface area (Å²) in [5.74, 6) is -0.286. The summed E-state index contributed by atoms with van der Waals surface area (Å²) in [4.78, 5) is 48.3. The highest BCUT2D eigenvalue weighted by atomic mass is 16.4. The number of Topliss-reactive ketones (excluding diaryl/α,β-unsaturated/α-hetero) is 1. The van der Waals surface area contributed by atoms with E-state index in [1.165, 1.54) is 0 Å². The van der Waals surface area contributed by atoms with Crippen molar-refractivity contribution in [2.45, 2.75) is 6.54 Å². The van der Waals surface area contributed by atoms with Gasteiger partial charge >= 0.3 is 6.09 Å². The Morgan fingerprint density at radius 2 is 1.91 bits per heavy atom. The molecule has 4 heterocycles. The molecule has 0 saturated heterocycles. The molecule has 0 unspecified atom stereocenters. The van der Waals surface area contributed by atoms with Crippen LogP contribution in [-0.4, -0.2) is 49.3 Å². The van der Waals surface area contributed by atoms with Gasteiger partial charge in [-0.25, -0.2) is 9.78 Å². The number of fused-ring (bicyclic) bond motifs is 1. The van der Waals surface area contributed by atoms with Gasteiger partial charge in [-0.2, -0.15) is 0 Å². The molecule has 10 nitrogen and oxygen atoms in total. The number of nitrogens with zero attached hydrogens (tertiary/aromatic N) is 2. The Hall–Kier alpha value is -4.86. The van der Waals surface area contributed by atoms with E-state index in [1.807, 2.05) is 30.3 Å². The van der Waals surface area contributed by atoms with Gasteiger partial charge in [0.1, 0.15) is 5.82 Å². The second kappa shape index (κ2) is 8.58. The maximum Gasteiger partial charge on any atom is 0.408 e. The Labute approximate surface area is 193 Å². The minimum atomic E-state index is -1.16. The Morgan fingerprint density at radius 3 is 2.65 bits per heavy atom. The lowest BCUT2D eigenvalue weighted by Gasteiger charge is -2.23. The predicted octanol–water partition coefficient (Wildman–Crippen LogP) is 4.08. The van der Waals surface area contributed by atoms with Crippen LogP contribution < -0.4 is 10.6 Å². The number of pyridine rings is 1. The van der Waals surface area contributed by atoms with Crippen LogP contribution >= 0.6 is 0 Å². The van der Waals surface area contributed by atoms with E-state index in [-0.39, 0.29) is 24.8 Å². The first kappa shape index (κ1) is 21.0. The zero-order valence-electron chi connectivity index (χ0n) is 17.8. The lowest BCUT2D eigenvalue weighted by molar-refractivity contribution is 0.0874. The molecule has 0 atom stereocenters. The maximum atomic E-state index is 13.0. The fourth-order valence-electron chi connectivity index (χ4n) is 3.93. The number of hydrogen-bond acceptors (Lipinski definition) is 5. The molecular formula is C24H20N6O4. The first-order valence-corrected chi connectivity index (χ1v) is 10.5. The summed E-state index contributed by atoms with van der Waals surface area (Å²) >= 11 is 0. The summed E-state index contributed by atoms with van der Waals surface area (Å²) in [6, 6.07) is 14.5. The highest BCUT2D eigenvalue weighted by molar-refractivity contribution is 6.09. The van der Waals surface area contributed by atoms with E-state index in [9.17, 15) is 19.5 Å². The molecule has 0 saturated carbocycles. The molecule has 3 aromatic heterocycles. The molecule has 2 amide bonds. The van der Waals surface area contributed by atoms with Gasteiger partial charge in [0, 0.05) is 35.5 Å².